The first kappa shape index (κ1) is 12.9. The topological polar surface area (TPSA) is 29.3 Å². The smallest absolute Gasteiger partial charge is 0.138 e. The number of imidazole rings is 1. The van der Waals surface area contributed by atoms with Crippen molar-refractivity contribution < 1.29 is 0 Å². The van der Waals surface area contributed by atoms with E-state index in [1.165, 1.54) is 19.3 Å². The summed E-state index contributed by atoms with van der Waals surface area (Å²) in [6, 6.07) is 6.67. The van der Waals surface area contributed by atoms with Crippen LogP contribution in [0.25, 0.3) is 5.65 Å². The highest BCUT2D eigenvalue weighted by atomic mass is 15.1. The summed E-state index contributed by atoms with van der Waals surface area (Å²) in [5, 5.41) is 3.57. The van der Waals surface area contributed by atoms with Gasteiger partial charge in [0, 0.05) is 18.4 Å². The van der Waals surface area contributed by atoms with Crippen molar-refractivity contribution in [2.45, 2.75) is 46.1 Å². The zero-order valence-electron chi connectivity index (χ0n) is 11.6. The van der Waals surface area contributed by atoms with Gasteiger partial charge in [-0.3, -0.25) is 4.40 Å². The number of hydrogen-bond donors (Lipinski definition) is 1. The van der Waals surface area contributed by atoms with Crippen LogP contribution in [-0.4, -0.2) is 15.4 Å². The van der Waals surface area contributed by atoms with Crippen molar-refractivity contribution in [2.24, 2.45) is 5.92 Å². The fourth-order valence-corrected chi connectivity index (χ4v) is 2.22. The molecule has 0 aliphatic rings. The van der Waals surface area contributed by atoms with Gasteiger partial charge >= 0.3 is 0 Å². The maximum absolute atomic E-state index is 4.29. The predicted molar refractivity (Wildman–Crippen MR) is 77.0 cm³/mol. The van der Waals surface area contributed by atoms with Crippen molar-refractivity contribution in [3.8, 4) is 0 Å². The van der Waals surface area contributed by atoms with E-state index in [4.69, 9.17) is 0 Å². The molecule has 0 spiro atoms. The van der Waals surface area contributed by atoms with E-state index >= 15 is 0 Å². The second-order valence-corrected chi connectivity index (χ2v) is 5.44. The molecule has 3 heteroatoms. The maximum atomic E-state index is 4.29. The van der Waals surface area contributed by atoms with E-state index in [0.717, 1.165) is 17.4 Å². The lowest BCUT2D eigenvalue weighted by atomic mass is 10.0. The van der Waals surface area contributed by atoms with Crippen LogP contribution in [0.15, 0.2) is 30.6 Å². The molecule has 0 aliphatic carbocycles. The van der Waals surface area contributed by atoms with Crippen molar-refractivity contribution in [3.05, 3.63) is 30.6 Å². The average molecular weight is 245 g/mol. The van der Waals surface area contributed by atoms with E-state index in [9.17, 15) is 0 Å². The fourth-order valence-electron chi connectivity index (χ4n) is 2.22. The number of pyridine rings is 1. The minimum atomic E-state index is 0.497. The Bertz CT molecular complexity index is 487. The summed E-state index contributed by atoms with van der Waals surface area (Å²) in [6.07, 6.45) is 7.64. The third-order valence-corrected chi connectivity index (χ3v) is 3.24. The van der Waals surface area contributed by atoms with E-state index in [-0.39, 0.29) is 0 Å². The number of aromatic nitrogens is 2. The molecule has 0 fully saturated rings. The summed E-state index contributed by atoms with van der Waals surface area (Å²) in [6.45, 7) is 6.81. The van der Waals surface area contributed by atoms with E-state index in [1.54, 1.807) is 0 Å². The summed E-state index contributed by atoms with van der Waals surface area (Å²) in [5.41, 5.74) is 0.995. The molecule has 1 unspecified atom stereocenters. The normalized spacial score (nSPS) is 13.1. The van der Waals surface area contributed by atoms with E-state index < -0.39 is 0 Å². The molecule has 18 heavy (non-hydrogen) atoms. The van der Waals surface area contributed by atoms with Gasteiger partial charge in [-0.15, -0.1) is 0 Å². The quantitative estimate of drug-likeness (QED) is 0.834. The molecule has 2 rings (SSSR count). The van der Waals surface area contributed by atoms with Crippen LogP contribution in [0.1, 0.15) is 40.0 Å². The molecule has 2 aromatic rings. The highest BCUT2D eigenvalue weighted by Crippen LogP contribution is 2.15. The second kappa shape index (κ2) is 5.89. The van der Waals surface area contributed by atoms with Gasteiger partial charge in [0.2, 0.25) is 0 Å². The van der Waals surface area contributed by atoms with E-state index in [0.29, 0.717) is 6.04 Å². The van der Waals surface area contributed by atoms with Crippen LogP contribution in [0.5, 0.6) is 0 Å². The van der Waals surface area contributed by atoms with Crippen molar-refractivity contribution in [1.29, 1.82) is 0 Å². The molecule has 0 radical (unpaired) electrons. The molecule has 0 bridgehead atoms. The highest BCUT2D eigenvalue weighted by molar-refractivity contribution is 5.50. The third kappa shape index (κ3) is 3.25. The Morgan fingerprint density at radius 3 is 2.83 bits per heavy atom. The summed E-state index contributed by atoms with van der Waals surface area (Å²) in [4.78, 5) is 4.29. The van der Waals surface area contributed by atoms with Gasteiger partial charge in [-0.2, -0.15) is 0 Å². The molecule has 0 amide bonds. The van der Waals surface area contributed by atoms with Gasteiger partial charge in [-0.1, -0.05) is 32.8 Å². The van der Waals surface area contributed by atoms with Gasteiger partial charge < -0.3 is 5.32 Å². The van der Waals surface area contributed by atoms with Gasteiger partial charge in [0.05, 0.1) is 0 Å². The molecule has 98 valence electrons. The Balaban J connectivity index is 1.94. The lowest BCUT2D eigenvalue weighted by Crippen LogP contribution is -2.17. The first-order valence-electron chi connectivity index (χ1n) is 6.85. The molecule has 1 N–H and O–H groups in total. The van der Waals surface area contributed by atoms with Gasteiger partial charge in [0.25, 0.3) is 0 Å². The zero-order valence-corrected chi connectivity index (χ0v) is 11.6. The van der Waals surface area contributed by atoms with E-state index in [2.05, 4.69) is 41.5 Å². The monoisotopic (exact) mass is 245 g/mol. The zero-order chi connectivity index (χ0) is 13.0. The van der Waals surface area contributed by atoms with Crippen LogP contribution >= 0.6 is 0 Å². The first-order chi connectivity index (χ1) is 8.66. The SMILES string of the molecule is CC(C)CCCC(C)Nc1cccc2nccn12. The lowest BCUT2D eigenvalue weighted by molar-refractivity contribution is 0.520. The van der Waals surface area contributed by atoms with Crippen LogP contribution in [0.4, 0.5) is 5.82 Å². The lowest BCUT2D eigenvalue weighted by Gasteiger charge is -2.16. The summed E-state index contributed by atoms with van der Waals surface area (Å²) in [7, 11) is 0. The Hall–Kier alpha value is -1.51. The number of rotatable bonds is 6. The number of nitrogens with one attached hydrogen (secondary N) is 1. The summed E-state index contributed by atoms with van der Waals surface area (Å²) >= 11 is 0. The molecule has 0 aromatic carbocycles. The Kier molecular flexibility index (Phi) is 4.24. The fraction of sp³-hybridized carbons (Fsp3) is 0.533. The number of hydrogen-bond acceptors (Lipinski definition) is 2. The maximum Gasteiger partial charge on any atom is 0.138 e. The van der Waals surface area contributed by atoms with Crippen molar-refractivity contribution >= 4 is 11.5 Å². The molecule has 1 atom stereocenters. The first-order valence-corrected chi connectivity index (χ1v) is 6.85. The molecular weight excluding hydrogens is 222 g/mol. The van der Waals surface area contributed by atoms with Crippen molar-refractivity contribution in [1.82, 2.24) is 9.38 Å². The van der Waals surface area contributed by atoms with Crippen LogP contribution < -0.4 is 5.32 Å². The van der Waals surface area contributed by atoms with Gasteiger partial charge in [-0.05, 0) is 31.4 Å². The largest absolute Gasteiger partial charge is 0.369 e. The summed E-state index contributed by atoms with van der Waals surface area (Å²) < 4.78 is 2.10. The Morgan fingerprint density at radius 1 is 1.22 bits per heavy atom. The second-order valence-electron chi connectivity index (χ2n) is 5.44. The standard InChI is InChI=1S/C15H23N3/c1-12(2)6-4-7-13(3)17-15-9-5-8-14-16-10-11-18(14)15/h5,8-13,17H,4,6-7H2,1-3H3. The number of anilines is 1. The molecule has 0 saturated heterocycles. The minimum absolute atomic E-state index is 0.497. The highest BCUT2D eigenvalue weighted by Gasteiger charge is 2.05. The van der Waals surface area contributed by atoms with Crippen LogP contribution in [0, 0.1) is 5.92 Å². The molecular formula is C15H23N3. The van der Waals surface area contributed by atoms with Gasteiger partial charge in [0.15, 0.2) is 0 Å². The van der Waals surface area contributed by atoms with Crippen molar-refractivity contribution in [3.63, 3.8) is 0 Å². The van der Waals surface area contributed by atoms with Crippen LogP contribution in [0.3, 0.4) is 0 Å². The van der Waals surface area contributed by atoms with Crippen LogP contribution in [0.2, 0.25) is 0 Å². The molecule has 2 heterocycles. The van der Waals surface area contributed by atoms with Gasteiger partial charge in [-0.25, -0.2) is 4.98 Å². The molecule has 0 aliphatic heterocycles. The number of fused-ring (bicyclic) bond motifs is 1. The molecule has 3 nitrogen and oxygen atoms in total. The summed E-state index contributed by atoms with van der Waals surface area (Å²) in [5.74, 6) is 1.93. The average Bonchev–Trinajstić information content (AvgIpc) is 2.77. The molecule has 2 aromatic heterocycles. The van der Waals surface area contributed by atoms with Gasteiger partial charge in [0.1, 0.15) is 11.5 Å². The number of nitrogens with zero attached hydrogens (tertiary/aromatic N) is 2. The van der Waals surface area contributed by atoms with E-state index in [1.807, 2.05) is 24.5 Å². The van der Waals surface area contributed by atoms with Crippen LogP contribution in [-0.2, 0) is 0 Å². The minimum Gasteiger partial charge on any atom is -0.369 e. The predicted octanol–water partition coefficient (Wildman–Crippen LogP) is 3.96. The molecule has 0 saturated carbocycles. The Labute approximate surface area is 109 Å². The van der Waals surface area contributed by atoms with Crippen molar-refractivity contribution in [2.75, 3.05) is 5.32 Å². The Morgan fingerprint density at radius 2 is 2.06 bits per heavy atom. The third-order valence-electron chi connectivity index (χ3n) is 3.24.